The monoisotopic (exact) mass is 221 g/mol. The van der Waals surface area contributed by atoms with Crippen LogP contribution in [0, 0.1) is 5.92 Å². The highest BCUT2D eigenvalue weighted by atomic mass is 16.3. The van der Waals surface area contributed by atoms with Gasteiger partial charge >= 0.3 is 0 Å². The minimum atomic E-state index is 0.707. The van der Waals surface area contributed by atoms with Crippen LogP contribution >= 0.6 is 0 Å². The van der Waals surface area contributed by atoms with Crippen LogP contribution in [0.5, 0.6) is 0 Å². The minimum absolute atomic E-state index is 0.707. The van der Waals surface area contributed by atoms with Crippen molar-refractivity contribution >= 4 is 0 Å². The van der Waals surface area contributed by atoms with E-state index in [1.165, 1.54) is 32.1 Å². The van der Waals surface area contributed by atoms with Gasteiger partial charge in [-0.25, -0.2) is 0 Å². The molecule has 16 heavy (non-hydrogen) atoms. The molecular formula is C14H23NO. The van der Waals surface area contributed by atoms with Crippen LogP contribution in [0.1, 0.15) is 44.8 Å². The van der Waals surface area contributed by atoms with Crippen LogP contribution in [0.15, 0.2) is 22.8 Å². The summed E-state index contributed by atoms with van der Waals surface area (Å²) in [6.07, 6.45) is 9.55. The van der Waals surface area contributed by atoms with E-state index in [9.17, 15) is 0 Å². The van der Waals surface area contributed by atoms with Crippen LogP contribution in [0.4, 0.5) is 0 Å². The Morgan fingerprint density at radius 1 is 1.50 bits per heavy atom. The van der Waals surface area contributed by atoms with Crippen LogP contribution in [-0.4, -0.2) is 12.6 Å². The van der Waals surface area contributed by atoms with Gasteiger partial charge in [-0.2, -0.15) is 0 Å². The van der Waals surface area contributed by atoms with Gasteiger partial charge in [-0.15, -0.1) is 0 Å². The third kappa shape index (κ3) is 3.11. The van der Waals surface area contributed by atoms with E-state index in [4.69, 9.17) is 4.42 Å². The molecule has 0 saturated heterocycles. The fraction of sp³-hybridized carbons (Fsp3) is 0.714. The number of nitrogens with one attached hydrogen (secondary N) is 1. The van der Waals surface area contributed by atoms with Gasteiger partial charge in [0.2, 0.25) is 0 Å². The maximum absolute atomic E-state index is 5.39. The fourth-order valence-corrected chi connectivity index (χ4v) is 2.43. The molecule has 2 heteroatoms. The third-order valence-corrected chi connectivity index (χ3v) is 3.66. The summed E-state index contributed by atoms with van der Waals surface area (Å²) in [4.78, 5) is 0. The van der Waals surface area contributed by atoms with Crippen molar-refractivity contribution in [2.24, 2.45) is 5.92 Å². The summed E-state index contributed by atoms with van der Waals surface area (Å²) in [7, 11) is 0. The second kappa shape index (κ2) is 6.09. The van der Waals surface area contributed by atoms with Gasteiger partial charge in [-0.3, -0.25) is 0 Å². The first kappa shape index (κ1) is 11.7. The first-order valence-corrected chi connectivity index (χ1v) is 6.66. The Bertz CT molecular complexity index is 277. The number of aryl methyl sites for hydroxylation is 1. The SMILES string of the molecule is CCCNC(CCc1ccco1)C1CCC1. The number of rotatable bonds is 7. The highest BCUT2D eigenvalue weighted by Crippen LogP contribution is 2.31. The number of furan rings is 1. The molecule has 2 nitrogen and oxygen atoms in total. The van der Waals surface area contributed by atoms with E-state index in [-0.39, 0.29) is 0 Å². The molecular weight excluding hydrogens is 198 g/mol. The van der Waals surface area contributed by atoms with Crippen molar-refractivity contribution in [3.05, 3.63) is 24.2 Å². The van der Waals surface area contributed by atoms with Crippen LogP contribution < -0.4 is 5.32 Å². The Morgan fingerprint density at radius 3 is 2.94 bits per heavy atom. The van der Waals surface area contributed by atoms with Gasteiger partial charge in [-0.05, 0) is 50.3 Å². The second-order valence-corrected chi connectivity index (χ2v) is 4.87. The number of hydrogen-bond acceptors (Lipinski definition) is 2. The summed E-state index contributed by atoms with van der Waals surface area (Å²) in [5.74, 6) is 2.05. The molecule has 0 amide bonds. The van der Waals surface area contributed by atoms with Gasteiger partial charge in [0.1, 0.15) is 5.76 Å². The van der Waals surface area contributed by atoms with Gasteiger partial charge in [0.05, 0.1) is 6.26 Å². The van der Waals surface area contributed by atoms with Crippen molar-refractivity contribution in [2.45, 2.75) is 51.5 Å². The second-order valence-electron chi connectivity index (χ2n) is 4.87. The maximum Gasteiger partial charge on any atom is 0.103 e. The highest BCUT2D eigenvalue weighted by Gasteiger charge is 2.26. The first-order chi connectivity index (χ1) is 7.90. The zero-order valence-electron chi connectivity index (χ0n) is 10.2. The maximum atomic E-state index is 5.39. The lowest BCUT2D eigenvalue weighted by molar-refractivity contribution is 0.217. The van der Waals surface area contributed by atoms with Gasteiger partial charge < -0.3 is 9.73 Å². The van der Waals surface area contributed by atoms with E-state index >= 15 is 0 Å². The Balaban J connectivity index is 1.76. The van der Waals surface area contributed by atoms with E-state index in [1.54, 1.807) is 6.26 Å². The zero-order valence-corrected chi connectivity index (χ0v) is 10.2. The van der Waals surface area contributed by atoms with Gasteiger partial charge in [0, 0.05) is 12.5 Å². The molecule has 0 bridgehead atoms. The average molecular weight is 221 g/mol. The normalized spacial score (nSPS) is 18.3. The van der Waals surface area contributed by atoms with Crippen molar-refractivity contribution in [3.63, 3.8) is 0 Å². The summed E-state index contributed by atoms with van der Waals surface area (Å²) in [5, 5.41) is 3.69. The predicted molar refractivity (Wildman–Crippen MR) is 66.5 cm³/mol. The standard InChI is InChI=1S/C14H23NO/c1-2-10-15-14(12-5-3-6-12)9-8-13-7-4-11-16-13/h4,7,11-12,14-15H,2-3,5-6,8-10H2,1H3. The molecule has 0 aromatic carbocycles. The van der Waals surface area contributed by atoms with Gasteiger partial charge in [0.25, 0.3) is 0 Å². The Morgan fingerprint density at radius 2 is 2.38 bits per heavy atom. The lowest BCUT2D eigenvalue weighted by Crippen LogP contribution is -2.40. The van der Waals surface area contributed by atoms with E-state index in [1.807, 2.05) is 6.07 Å². The largest absolute Gasteiger partial charge is 0.469 e. The van der Waals surface area contributed by atoms with E-state index in [2.05, 4.69) is 18.3 Å². The molecule has 90 valence electrons. The van der Waals surface area contributed by atoms with E-state index < -0.39 is 0 Å². The molecule has 1 aromatic heterocycles. The molecule has 1 saturated carbocycles. The summed E-state index contributed by atoms with van der Waals surface area (Å²) in [5.41, 5.74) is 0. The highest BCUT2D eigenvalue weighted by molar-refractivity contribution is 4.99. The fourth-order valence-electron chi connectivity index (χ4n) is 2.43. The van der Waals surface area contributed by atoms with Crippen LogP contribution in [0.25, 0.3) is 0 Å². The zero-order chi connectivity index (χ0) is 11.2. The number of hydrogen-bond donors (Lipinski definition) is 1. The van der Waals surface area contributed by atoms with Crippen LogP contribution in [0.2, 0.25) is 0 Å². The molecule has 2 rings (SSSR count). The topological polar surface area (TPSA) is 25.2 Å². The molecule has 1 N–H and O–H groups in total. The van der Waals surface area contributed by atoms with Crippen molar-refractivity contribution in [3.8, 4) is 0 Å². The molecule has 0 aliphatic heterocycles. The summed E-state index contributed by atoms with van der Waals surface area (Å²) in [6, 6.07) is 4.77. The molecule has 1 aromatic rings. The van der Waals surface area contributed by atoms with Gasteiger partial charge in [-0.1, -0.05) is 13.3 Å². The van der Waals surface area contributed by atoms with Crippen LogP contribution in [0.3, 0.4) is 0 Å². The van der Waals surface area contributed by atoms with Crippen molar-refractivity contribution in [1.29, 1.82) is 0 Å². The summed E-state index contributed by atoms with van der Waals surface area (Å²) < 4.78 is 5.39. The van der Waals surface area contributed by atoms with Crippen molar-refractivity contribution in [1.82, 2.24) is 5.32 Å². The van der Waals surface area contributed by atoms with Gasteiger partial charge in [0.15, 0.2) is 0 Å². The lowest BCUT2D eigenvalue weighted by Gasteiger charge is -2.34. The average Bonchev–Trinajstić information content (AvgIpc) is 2.72. The smallest absolute Gasteiger partial charge is 0.103 e. The van der Waals surface area contributed by atoms with Crippen molar-refractivity contribution in [2.75, 3.05) is 6.54 Å². The van der Waals surface area contributed by atoms with Crippen molar-refractivity contribution < 1.29 is 4.42 Å². The minimum Gasteiger partial charge on any atom is -0.469 e. The Hall–Kier alpha value is -0.760. The first-order valence-electron chi connectivity index (χ1n) is 6.66. The molecule has 1 aliphatic carbocycles. The molecule has 1 unspecified atom stereocenters. The molecule has 1 fully saturated rings. The molecule has 0 spiro atoms. The lowest BCUT2D eigenvalue weighted by atomic mass is 9.78. The summed E-state index contributed by atoms with van der Waals surface area (Å²) >= 11 is 0. The van der Waals surface area contributed by atoms with E-state index in [0.717, 1.165) is 24.6 Å². The van der Waals surface area contributed by atoms with Crippen LogP contribution in [-0.2, 0) is 6.42 Å². The molecule has 1 heterocycles. The van der Waals surface area contributed by atoms with E-state index in [0.29, 0.717) is 6.04 Å². The Labute approximate surface area is 98.4 Å². The molecule has 1 atom stereocenters. The predicted octanol–water partition coefficient (Wildman–Crippen LogP) is 3.38. The molecule has 0 radical (unpaired) electrons. The molecule has 1 aliphatic rings. The third-order valence-electron chi connectivity index (χ3n) is 3.66. The summed E-state index contributed by atoms with van der Waals surface area (Å²) in [6.45, 7) is 3.39. The Kier molecular flexibility index (Phi) is 4.46. The quantitative estimate of drug-likeness (QED) is 0.763.